The van der Waals surface area contributed by atoms with E-state index in [0.717, 1.165) is 18.6 Å². The highest BCUT2D eigenvalue weighted by atomic mass is 16.5. The van der Waals surface area contributed by atoms with Gasteiger partial charge in [-0.1, -0.05) is 18.2 Å². The van der Waals surface area contributed by atoms with Crippen LogP contribution in [0.3, 0.4) is 0 Å². The summed E-state index contributed by atoms with van der Waals surface area (Å²) in [4.78, 5) is 10.8. The molecule has 13 heavy (non-hydrogen) atoms. The second-order valence-electron chi connectivity index (χ2n) is 3.04. The van der Waals surface area contributed by atoms with Gasteiger partial charge in [0.05, 0.1) is 18.3 Å². The summed E-state index contributed by atoms with van der Waals surface area (Å²) in [6.45, 7) is 0.735. The lowest BCUT2D eigenvalue weighted by atomic mass is 9.98. The Morgan fingerprint density at radius 2 is 2.15 bits per heavy atom. The summed E-state index contributed by atoms with van der Waals surface area (Å²) in [5, 5.41) is 8.88. The predicted molar refractivity (Wildman–Crippen MR) is 46.7 cm³/mol. The van der Waals surface area contributed by atoms with E-state index in [0.29, 0.717) is 5.56 Å². The van der Waals surface area contributed by atoms with E-state index in [-0.39, 0.29) is 6.10 Å². The minimum atomic E-state index is -0.883. The molecule has 1 aromatic rings. The average Bonchev–Trinajstić information content (AvgIpc) is 2.02. The molecule has 2 rings (SSSR count). The minimum Gasteiger partial charge on any atom is -0.478 e. The summed E-state index contributed by atoms with van der Waals surface area (Å²) in [5.74, 6) is -0.883. The fraction of sp³-hybridized carbons (Fsp3) is 0.300. The lowest BCUT2D eigenvalue weighted by Crippen LogP contribution is -2.20. The quantitative estimate of drug-likeness (QED) is 0.751. The zero-order valence-electron chi connectivity index (χ0n) is 7.06. The Hall–Kier alpha value is -1.35. The SMILES string of the molecule is O=C(O)c1ccccc1C1CCO1. The van der Waals surface area contributed by atoms with E-state index in [1.165, 1.54) is 0 Å². The maximum absolute atomic E-state index is 10.8. The van der Waals surface area contributed by atoms with E-state index in [1.807, 2.05) is 12.1 Å². The van der Waals surface area contributed by atoms with Gasteiger partial charge in [0.2, 0.25) is 0 Å². The molecule has 0 radical (unpaired) electrons. The molecule has 1 N–H and O–H groups in total. The van der Waals surface area contributed by atoms with Crippen molar-refractivity contribution in [1.82, 2.24) is 0 Å². The van der Waals surface area contributed by atoms with E-state index < -0.39 is 5.97 Å². The van der Waals surface area contributed by atoms with Gasteiger partial charge in [-0.2, -0.15) is 0 Å². The number of hydrogen-bond donors (Lipinski definition) is 1. The Morgan fingerprint density at radius 3 is 2.69 bits per heavy atom. The minimum absolute atomic E-state index is 0.00713. The first kappa shape index (κ1) is 8.26. The van der Waals surface area contributed by atoms with Gasteiger partial charge in [-0.25, -0.2) is 4.79 Å². The number of ether oxygens (including phenoxy) is 1. The Bertz CT molecular complexity index is 329. The summed E-state index contributed by atoms with van der Waals surface area (Å²) in [6.07, 6.45) is 0.914. The Labute approximate surface area is 76.0 Å². The summed E-state index contributed by atoms with van der Waals surface area (Å²) in [5.41, 5.74) is 1.15. The largest absolute Gasteiger partial charge is 0.478 e. The van der Waals surface area contributed by atoms with Crippen molar-refractivity contribution in [3.63, 3.8) is 0 Å². The topological polar surface area (TPSA) is 46.5 Å². The predicted octanol–water partition coefficient (Wildman–Crippen LogP) is 1.85. The second-order valence-corrected chi connectivity index (χ2v) is 3.04. The molecule has 0 aliphatic carbocycles. The Balaban J connectivity index is 2.36. The van der Waals surface area contributed by atoms with Gasteiger partial charge in [0.25, 0.3) is 0 Å². The third-order valence-corrected chi connectivity index (χ3v) is 2.24. The molecule has 1 atom stereocenters. The lowest BCUT2D eigenvalue weighted by molar-refractivity contribution is -0.0532. The van der Waals surface area contributed by atoms with Crippen molar-refractivity contribution in [3.8, 4) is 0 Å². The van der Waals surface area contributed by atoms with Crippen molar-refractivity contribution in [2.24, 2.45) is 0 Å². The number of hydrogen-bond acceptors (Lipinski definition) is 2. The van der Waals surface area contributed by atoms with Gasteiger partial charge < -0.3 is 9.84 Å². The van der Waals surface area contributed by atoms with Crippen LogP contribution in [0, 0.1) is 0 Å². The third kappa shape index (κ3) is 1.42. The molecule has 0 spiro atoms. The molecular formula is C10H10O3. The first-order valence-electron chi connectivity index (χ1n) is 4.23. The molecule has 0 aromatic heterocycles. The van der Waals surface area contributed by atoms with Gasteiger partial charge >= 0.3 is 5.97 Å². The van der Waals surface area contributed by atoms with Crippen LogP contribution in [-0.2, 0) is 4.74 Å². The van der Waals surface area contributed by atoms with Crippen molar-refractivity contribution in [2.75, 3.05) is 6.61 Å². The molecule has 1 heterocycles. The smallest absolute Gasteiger partial charge is 0.336 e. The average molecular weight is 178 g/mol. The van der Waals surface area contributed by atoms with Crippen LogP contribution >= 0.6 is 0 Å². The number of aromatic carboxylic acids is 1. The molecule has 1 aliphatic rings. The summed E-state index contributed by atoms with van der Waals surface area (Å²) >= 11 is 0. The first-order valence-corrected chi connectivity index (χ1v) is 4.23. The molecular weight excluding hydrogens is 168 g/mol. The van der Waals surface area contributed by atoms with Crippen LogP contribution in [0.25, 0.3) is 0 Å². The number of benzene rings is 1. The zero-order chi connectivity index (χ0) is 9.26. The molecule has 1 aliphatic heterocycles. The lowest BCUT2D eigenvalue weighted by Gasteiger charge is -2.27. The summed E-state index contributed by atoms with van der Waals surface area (Å²) < 4.78 is 5.24. The maximum atomic E-state index is 10.8. The van der Waals surface area contributed by atoms with E-state index in [2.05, 4.69) is 0 Å². The maximum Gasteiger partial charge on any atom is 0.336 e. The van der Waals surface area contributed by atoms with Crippen LogP contribution in [0.1, 0.15) is 28.4 Å². The van der Waals surface area contributed by atoms with Crippen molar-refractivity contribution in [3.05, 3.63) is 35.4 Å². The van der Waals surface area contributed by atoms with Gasteiger partial charge in [0, 0.05) is 6.42 Å². The van der Waals surface area contributed by atoms with Gasteiger partial charge in [0.15, 0.2) is 0 Å². The van der Waals surface area contributed by atoms with Gasteiger partial charge in [-0.15, -0.1) is 0 Å². The van der Waals surface area contributed by atoms with Crippen molar-refractivity contribution >= 4 is 5.97 Å². The third-order valence-electron chi connectivity index (χ3n) is 2.24. The highest BCUT2D eigenvalue weighted by molar-refractivity contribution is 5.89. The van der Waals surface area contributed by atoms with Crippen LogP contribution in [-0.4, -0.2) is 17.7 Å². The molecule has 0 bridgehead atoms. The molecule has 3 nitrogen and oxygen atoms in total. The van der Waals surface area contributed by atoms with Crippen LogP contribution in [0.2, 0.25) is 0 Å². The number of carboxylic acid groups (broad SMARTS) is 1. The second kappa shape index (κ2) is 3.18. The molecule has 0 amide bonds. The molecule has 1 unspecified atom stereocenters. The number of carboxylic acids is 1. The number of rotatable bonds is 2. The molecule has 1 saturated heterocycles. The van der Waals surface area contributed by atoms with Crippen LogP contribution < -0.4 is 0 Å². The van der Waals surface area contributed by atoms with E-state index in [4.69, 9.17) is 9.84 Å². The highest BCUT2D eigenvalue weighted by Crippen LogP contribution is 2.31. The fourth-order valence-corrected chi connectivity index (χ4v) is 1.45. The van der Waals surface area contributed by atoms with E-state index >= 15 is 0 Å². The van der Waals surface area contributed by atoms with Gasteiger partial charge in [0.1, 0.15) is 0 Å². The van der Waals surface area contributed by atoms with Gasteiger partial charge in [-0.05, 0) is 11.6 Å². The van der Waals surface area contributed by atoms with E-state index in [9.17, 15) is 4.79 Å². The standard InChI is InChI=1S/C10H10O3/c11-10(12)8-4-2-1-3-7(8)9-5-6-13-9/h1-4,9H,5-6H2,(H,11,12). The zero-order valence-corrected chi connectivity index (χ0v) is 7.06. The van der Waals surface area contributed by atoms with E-state index in [1.54, 1.807) is 12.1 Å². The van der Waals surface area contributed by atoms with Crippen molar-refractivity contribution < 1.29 is 14.6 Å². The van der Waals surface area contributed by atoms with Crippen LogP contribution in [0.5, 0.6) is 0 Å². The number of carbonyl (C=O) groups is 1. The summed E-state index contributed by atoms with van der Waals surface area (Å²) in [7, 11) is 0. The molecule has 1 fully saturated rings. The normalized spacial score (nSPS) is 20.8. The Morgan fingerprint density at radius 1 is 1.46 bits per heavy atom. The van der Waals surface area contributed by atoms with Crippen LogP contribution in [0.15, 0.2) is 24.3 Å². The molecule has 1 aromatic carbocycles. The monoisotopic (exact) mass is 178 g/mol. The first-order chi connectivity index (χ1) is 6.29. The highest BCUT2D eigenvalue weighted by Gasteiger charge is 2.24. The van der Waals surface area contributed by atoms with Crippen molar-refractivity contribution in [2.45, 2.75) is 12.5 Å². The molecule has 68 valence electrons. The van der Waals surface area contributed by atoms with Crippen molar-refractivity contribution in [1.29, 1.82) is 0 Å². The van der Waals surface area contributed by atoms with Gasteiger partial charge in [-0.3, -0.25) is 0 Å². The Kier molecular flexibility index (Phi) is 2.02. The molecule has 0 saturated carbocycles. The summed E-state index contributed by atoms with van der Waals surface area (Å²) in [6, 6.07) is 6.99. The van der Waals surface area contributed by atoms with Crippen LogP contribution in [0.4, 0.5) is 0 Å². The molecule has 3 heteroatoms. The fourth-order valence-electron chi connectivity index (χ4n) is 1.45.